The molecule has 0 aliphatic heterocycles. The predicted octanol–water partition coefficient (Wildman–Crippen LogP) is 11.9. The van der Waals surface area contributed by atoms with E-state index in [1.54, 1.807) is 0 Å². The van der Waals surface area contributed by atoms with Crippen molar-refractivity contribution in [2.24, 2.45) is 0 Å². The monoisotopic (exact) mass is 497 g/mol. The number of ether oxygens (including phenoxy) is 1. The molecular weight excluding hydrogens is 428 g/mol. The van der Waals surface area contributed by atoms with Crippen molar-refractivity contribution in [3.8, 4) is 0 Å². The zero-order valence-corrected chi connectivity index (χ0v) is 24.3. The van der Waals surface area contributed by atoms with Crippen LogP contribution in [0.15, 0.2) is 0 Å². The Morgan fingerprint density at radius 3 is 1.09 bits per heavy atom. The van der Waals surface area contributed by atoms with Crippen LogP contribution in [0.25, 0.3) is 0 Å². The molecule has 0 atom stereocenters. The average molecular weight is 497 g/mol. The lowest BCUT2D eigenvalue weighted by molar-refractivity contribution is -0.143. The van der Waals surface area contributed by atoms with Gasteiger partial charge in [-0.05, 0) is 12.8 Å². The topological polar surface area (TPSA) is 26.3 Å². The van der Waals surface area contributed by atoms with Gasteiger partial charge >= 0.3 is 5.97 Å². The molecule has 0 aromatic rings. The quantitative estimate of drug-likeness (QED) is 0.0729. The molecule has 0 saturated carbocycles. The molecule has 0 N–H and O–H groups in total. The van der Waals surface area contributed by atoms with E-state index in [4.69, 9.17) is 7.48 Å². The highest BCUT2D eigenvalue weighted by atomic mass is 16.5. The summed E-state index contributed by atoms with van der Waals surface area (Å²) in [4.78, 5) is 12.0. The largest absolute Gasteiger partial charge is 0.466 e. The lowest BCUT2D eigenvalue weighted by Crippen LogP contribution is -2.05. The minimum Gasteiger partial charge on any atom is -0.466 e. The second-order valence-corrected chi connectivity index (χ2v) is 10.9. The molecule has 2 heteroatoms. The van der Waals surface area contributed by atoms with Crippen LogP contribution in [0.3, 0.4) is 0 Å². The van der Waals surface area contributed by atoms with Crippen LogP contribution in [-0.2, 0) is 9.53 Å². The molecule has 0 unspecified atom stereocenters. The lowest BCUT2D eigenvalue weighted by Gasteiger charge is -2.06. The van der Waals surface area contributed by atoms with Crippen LogP contribution in [0, 0.1) is 0 Å². The van der Waals surface area contributed by atoms with Gasteiger partial charge in [0.1, 0.15) is 0 Å². The van der Waals surface area contributed by atoms with Crippen LogP contribution in [0.4, 0.5) is 0 Å². The predicted molar refractivity (Wildman–Crippen MR) is 156 cm³/mol. The van der Waals surface area contributed by atoms with E-state index >= 15 is 0 Å². The van der Waals surface area contributed by atoms with Gasteiger partial charge < -0.3 is 4.74 Å². The Balaban J connectivity index is 3.39. The normalized spacial score (nSPS) is 12.5. The van der Waals surface area contributed by atoms with Gasteiger partial charge in [0.25, 0.3) is 0 Å². The number of esters is 1. The summed E-state index contributed by atoms with van der Waals surface area (Å²) in [6.45, 7) is 4.98. The third-order valence-corrected chi connectivity index (χ3v) is 7.24. The first kappa shape index (κ1) is 30.7. The zero-order chi connectivity index (χ0) is 27.3. The summed E-state index contributed by atoms with van der Waals surface area (Å²) in [5.74, 6) is -0.363. The standard InChI is InChI=1S/C33H66O2/c1-3-5-7-9-11-13-15-17-18-19-20-22-24-26-28-30-32-35-33(34)31-29-27-25-23-21-16-14-12-10-8-6-4-2/h3-32H2,1-2H3/i29D2. The summed E-state index contributed by atoms with van der Waals surface area (Å²) in [7, 11) is 0. The van der Waals surface area contributed by atoms with Crippen molar-refractivity contribution in [1.29, 1.82) is 0 Å². The maximum Gasteiger partial charge on any atom is 0.305 e. The fourth-order valence-corrected chi connectivity index (χ4v) is 4.82. The van der Waals surface area contributed by atoms with Crippen LogP contribution in [-0.4, -0.2) is 12.6 Å². The first-order valence-corrected chi connectivity index (χ1v) is 16.2. The van der Waals surface area contributed by atoms with Crippen molar-refractivity contribution in [3.63, 3.8) is 0 Å². The van der Waals surface area contributed by atoms with E-state index in [0.29, 0.717) is 13.0 Å². The molecule has 0 amide bonds. The van der Waals surface area contributed by atoms with Crippen LogP contribution in [0.2, 0.25) is 0 Å². The minimum atomic E-state index is -1.42. The molecule has 210 valence electrons. The Bertz CT molecular complexity index is 467. The van der Waals surface area contributed by atoms with Gasteiger partial charge in [-0.25, -0.2) is 0 Å². The van der Waals surface area contributed by atoms with Crippen LogP contribution in [0.5, 0.6) is 0 Å². The zero-order valence-electron chi connectivity index (χ0n) is 26.3. The van der Waals surface area contributed by atoms with Gasteiger partial charge in [-0.3, -0.25) is 4.79 Å². The van der Waals surface area contributed by atoms with E-state index < -0.39 is 6.37 Å². The molecule has 0 aromatic carbocycles. The van der Waals surface area contributed by atoms with Crippen molar-refractivity contribution in [1.82, 2.24) is 0 Å². The Kier molecular flexibility index (Phi) is 27.6. The van der Waals surface area contributed by atoms with Gasteiger partial charge in [0, 0.05) is 9.16 Å². The number of hydrogen-bond donors (Lipinski definition) is 0. The molecule has 0 aromatic heterocycles. The van der Waals surface area contributed by atoms with Crippen molar-refractivity contribution in [2.45, 2.75) is 200 Å². The molecule has 0 aliphatic carbocycles. The molecule has 0 heterocycles. The molecule has 0 spiro atoms. The highest BCUT2D eigenvalue weighted by molar-refractivity contribution is 5.69. The Labute approximate surface area is 225 Å². The molecule has 0 saturated heterocycles. The van der Waals surface area contributed by atoms with E-state index in [9.17, 15) is 4.79 Å². The number of rotatable bonds is 30. The Morgan fingerprint density at radius 2 is 0.743 bits per heavy atom. The minimum absolute atomic E-state index is 0.0940. The SMILES string of the molecule is [2H]C([2H])(CCCCCCCCCCCC)CC(=O)OCCCCCCCCCCCCCCCCCC. The first-order chi connectivity index (χ1) is 18.0. The van der Waals surface area contributed by atoms with E-state index in [1.165, 1.54) is 141 Å². The Morgan fingerprint density at radius 1 is 0.457 bits per heavy atom. The van der Waals surface area contributed by atoms with E-state index in [-0.39, 0.29) is 12.4 Å². The molecule has 0 aliphatic rings. The molecule has 0 radical (unpaired) electrons. The molecule has 0 fully saturated rings. The molecule has 35 heavy (non-hydrogen) atoms. The van der Waals surface area contributed by atoms with Gasteiger partial charge in [-0.2, -0.15) is 0 Å². The van der Waals surface area contributed by atoms with Crippen molar-refractivity contribution < 1.29 is 12.3 Å². The second kappa shape index (κ2) is 31.5. The summed E-state index contributed by atoms with van der Waals surface area (Å²) in [5, 5.41) is 0. The number of unbranched alkanes of at least 4 members (excludes halogenated alkanes) is 24. The third-order valence-electron chi connectivity index (χ3n) is 7.24. The average Bonchev–Trinajstić information content (AvgIpc) is 2.86. The highest BCUT2D eigenvalue weighted by Gasteiger charge is 2.02. The summed E-state index contributed by atoms with van der Waals surface area (Å²) in [6.07, 6.45) is 32.7. The second-order valence-electron chi connectivity index (χ2n) is 10.9. The van der Waals surface area contributed by atoms with Crippen molar-refractivity contribution in [2.75, 3.05) is 6.61 Å². The summed E-state index contributed by atoms with van der Waals surface area (Å²) >= 11 is 0. The molecule has 0 bridgehead atoms. The fraction of sp³-hybridized carbons (Fsp3) is 0.970. The van der Waals surface area contributed by atoms with E-state index in [2.05, 4.69) is 13.8 Å². The van der Waals surface area contributed by atoms with Gasteiger partial charge in [0.05, 0.1) is 6.61 Å². The maximum atomic E-state index is 12.0. The van der Waals surface area contributed by atoms with Gasteiger partial charge in [0.15, 0.2) is 0 Å². The number of carbonyl (C=O) groups excluding carboxylic acids is 1. The van der Waals surface area contributed by atoms with Crippen molar-refractivity contribution >= 4 is 5.97 Å². The highest BCUT2D eigenvalue weighted by Crippen LogP contribution is 2.15. The van der Waals surface area contributed by atoms with Gasteiger partial charge in [0.2, 0.25) is 0 Å². The number of hydrogen-bond acceptors (Lipinski definition) is 2. The maximum absolute atomic E-state index is 12.0. The van der Waals surface area contributed by atoms with Gasteiger partial charge in [-0.1, -0.05) is 181 Å². The summed E-state index contributed by atoms with van der Waals surface area (Å²) < 4.78 is 21.6. The molecular formula is C33H66O2. The van der Waals surface area contributed by atoms with Crippen LogP contribution >= 0.6 is 0 Å². The van der Waals surface area contributed by atoms with E-state index in [1.807, 2.05) is 0 Å². The third kappa shape index (κ3) is 31.4. The first-order valence-electron chi connectivity index (χ1n) is 17.2. The smallest absolute Gasteiger partial charge is 0.305 e. The van der Waals surface area contributed by atoms with Crippen LogP contribution in [0.1, 0.15) is 203 Å². The summed E-state index contributed by atoms with van der Waals surface area (Å²) in [5.41, 5.74) is 0. The number of carbonyl (C=O) groups is 1. The molecule has 2 nitrogen and oxygen atoms in total. The van der Waals surface area contributed by atoms with Gasteiger partial charge in [-0.15, -0.1) is 0 Å². The van der Waals surface area contributed by atoms with Crippen LogP contribution < -0.4 is 0 Å². The Hall–Kier alpha value is -0.530. The fourth-order valence-electron chi connectivity index (χ4n) is 4.82. The summed E-state index contributed by atoms with van der Waals surface area (Å²) in [6, 6.07) is 0. The molecule has 0 rings (SSSR count). The van der Waals surface area contributed by atoms with E-state index in [0.717, 1.165) is 25.7 Å². The lowest BCUT2D eigenvalue weighted by atomic mass is 10.0. The van der Waals surface area contributed by atoms with Crippen molar-refractivity contribution in [3.05, 3.63) is 0 Å².